The van der Waals surface area contributed by atoms with E-state index in [9.17, 15) is 4.79 Å². The third kappa shape index (κ3) is 2.46. The van der Waals surface area contributed by atoms with E-state index in [4.69, 9.17) is 16.0 Å². The van der Waals surface area contributed by atoms with Crippen LogP contribution >= 0.6 is 11.6 Å². The number of aromatic nitrogens is 2. The predicted molar refractivity (Wildman–Crippen MR) is 79.5 cm³/mol. The van der Waals surface area contributed by atoms with Crippen LogP contribution in [-0.2, 0) is 13.0 Å². The van der Waals surface area contributed by atoms with Crippen molar-refractivity contribution >= 4 is 17.5 Å². The fourth-order valence-corrected chi connectivity index (χ4v) is 3.27. The van der Waals surface area contributed by atoms with E-state index in [-0.39, 0.29) is 11.9 Å². The molecule has 3 rings (SSSR count). The number of rotatable bonds is 3. The van der Waals surface area contributed by atoms with Crippen molar-refractivity contribution < 1.29 is 9.21 Å². The van der Waals surface area contributed by atoms with Crippen LogP contribution in [0.15, 0.2) is 16.7 Å². The quantitative estimate of drug-likeness (QED) is 0.946. The first-order chi connectivity index (χ1) is 10.1. The zero-order chi connectivity index (χ0) is 15.0. The van der Waals surface area contributed by atoms with E-state index in [1.165, 1.54) is 0 Å². The van der Waals surface area contributed by atoms with Crippen LogP contribution in [0.4, 0.5) is 0 Å². The molecule has 112 valence electrons. The van der Waals surface area contributed by atoms with E-state index in [1.807, 2.05) is 13.0 Å². The minimum Gasteiger partial charge on any atom is -0.469 e. The van der Waals surface area contributed by atoms with Crippen LogP contribution in [0.3, 0.4) is 0 Å². The number of aryl methyl sites for hydroxylation is 3. The normalized spacial score (nSPS) is 17.6. The number of amides is 1. The summed E-state index contributed by atoms with van der Waals surface area (Å²) in [5, 5.41) is 7.74. The average molecular weight is 308 g/mol. The maximum atomic E-state index is 12.5. The molecule has 1 N–H and O–H groups in total. The fraction of sp³-hybridized carbons (Fsp3) is 0.467. The van der Waals surface area contributed by atoms with Crippen molar-refractivity contribution in [2.75, 3.05) is 0 Å². The molecule has 2 aromatic heterocycles. The van der Waals surface area contributed by atoms with Gasteiger partial charge < -0.3 is 9.73 Å². The van der Waals surface area contributed by atoms with Gasteiger partial charge >= 0.3 is 0 Å². The Morgan fingerprint density at radius 3 is 3.14 bits per heavy atom. The molecular weight excluding hydrogens is 290 g/mol. The second-order valence-corrected chi connectivity index (χ2v) is 5.64. The summed E-state index contributed by atoms with van der Waals surface area (Å²) in [6.07, 6.45) is 4.54. The van der Waals surface area contributed by atoms with Gasteiger partial charge in [-0.25, -0.2) is 0 Å². The molecule has 0 bridgehead atoms. The highest BCUT2D eigenvalue weighted by molar-refractivity contribution is 6.33. The zero-order valence-corrected chi connectivity index (χ0v) is 12.9. The average Bonchev–Trinajstić information content (AvgIpc) is 3.04. The summed E-state index contributed by atoms with van der Waals surface area (Å²) in [5.41, 5.74) is 2.20. The molecule has 1 aliphatic rings. The highest BCUT2D eigenvalue weighted by Crippen LogP contribution is 2.31. The molecule has 1 atom stereocenters. The molecule has 1 aliphatic carbocycles. The first-order valence-electron chi connectivity index (χ1n) is 7.21. The Kier molecular flexibility index (Phi) is 3.76. The molecule has 0 fully saturated rings. The van der Waals surface area contributed by atoms with Crippen LogP contribution in [0.2, 0.25) is 5.15 Å². The van der Waals surface area contributed by atoms with Gasteiger partial charge in [-0.15, -0.1) is 0 Å². The summed E-state index contributed by atoms with van der Waals surface area (Å²) in [6.45, 7) is 4.39. The van der Waals surface area contributed by atoms with Crippen molar-refractivity contribution in [3.63, 3.8) is 0 Å². The molecule has 1 unspecified atom stereocenters. The summed E-state index contributed by atoms with van der Waals surface area (Å²) >= 11 is 6.24. The minimum absolute atomic E-state index is 0.0135. The molecule has 0 saturated heterocycles. The molecule has 6 heteroatoms. The Morgan fingerprint density at radius 2 is 2.43 bits per heavy atom. The van der Waals surface area contributed by atoms with Crippen molar-refractivity contribution in [2.24, 2.45) is 0 Å². The molecule has 2 heterocycles. The van der Waals surface area contributed by atoms with Crippen LogP contribution < -0.4 is 5.32 Å². The topological polar surface area (TPSA) is 60.1 Å². The van der Waals surface area contributed by atoms with Gasteiger partial charge in [0, 0.05) is 18.5 Å². The Bertz CT molecular complexity index is 675. The monoisotopic (exact) mass is 307 g/mol. The van der Waals surface area contributed by atoms with Gasteiger partial charge in [-0.2, -0.15) is 5.10 Å². The summed E-state index contributed by atoms with van der Waals surface area (Å²) in [6, 6.07) is 1.92. The number of fused-ring (bicyclic) bond motifs is 1. The summed E-state index contributed by atoms with van der Waals surface area (Å²) in [7, 11) is 0. The van der Waals surface area contributed by atoms with E-state index < -0.39 is 0 Å². The summed E-state index contributed by atoms with van der Waals surface area (Å²) < 4.78 is 7.08. The molecule has 0 aliphatic heterocycles. The van der Waals surface area contributed by atoms with Crippen molar-refractivity contribution in [1.29, 1.82) is 0 Å². The largest absolute Gasteiger partial charge is 0.469 e. The van der Waals surface area contributed by atoms with Gasteiger partial charge in [0.2, 0.25) is 0 Å². The SMILES string of the molecule is CCn1nc(C)c(C(=O)NC2CCCc3occc32)c1Cl. The van der Waals surface area contributed by atoms with Gasteiger partial charge in [-0.05, 0) is 32.8 Å². The second-order valence-electron chi connectivity index (χ2n) is 5.28. The maximum absolute atomic E-state index is 12.5. The lowest BCUT2D eigenvalue weighted by Crippen LogP contribution is -2.30. The molecule has 0 spiro atoms. The van der Waals surface area contributed by atoms with Gasteiger partial charge in [0.15, 0.2) is 0 Å². The van der Waals surface area contributed by atoms with E-state index in [0.717, 1.165) is 30.6 Å². The molecule has 5 nitrogen and oxygen atoms in total. The highest BCUT2D eigenvalue weighted by Gasteiger charge is 2.27. The molecule has 0 radical (unpaired) electrons. The number of nitrogens with zero attached hydrogens (tertiary/aromatic N) is 2. The Balaban J connectivity index is 1.84. The first kappa shape index (κ1) is 14.2. The van der Waals surface area contributed by atoms with Crippen molar-refractivity contribution in [1.82, 2.24) is 15.1 Å². The van der Waals surface area contributed by atoms with E-state index in [1.54, 1.807) is 17.9 Å². The summed E-state index contributed by atoms with van der Waals surface area (Å²) in [4.78, 5) is 12.5. The predicted octanol–water partition coefficient (Wildman–Crippen LogP) is 3.27. The van der Waals surface area contributed by atoms with Gasteiger partial charge in [0.05, 0.1) is 23.6 Å². The molecule has 2 aromatic rings. The highest BCUT2D eigenvalue weighted by atomic mass is 35.5. The van der Waals surface area contributed by atoms with Gasteiger partial charge in [0.1, 0.15) is 10.9 Å². The van der Waals surface area contributed by atoms with Crippen LogP contribution in [0, 0.1) is 6.92 Å². The molecule has 1 amide bonds. The Hall–Kier alpha value is -1.75. The number of hydrogen-bond donors (Lipinski definition) is 1. The minimum atomic E-state index is -0.170. The smallest absolute Gasteiger partial charge is 0.256 e. The maximum Gasteiger partial charge on any atom is 0.256 e. The van der Waals surface area contributed by atoms with E-state index in [0.29, 0.717) is 23.0 Å². The number of carbonyl (C=O) groups excluding carboxylic acids is 1. The second kappa shape index (κ2) is 5.56. The van der Waals surface area contributed by atoms with Crippen LogP contribution in [0.5, 0.6) is 0 Å². The Labute approximate surface area is 128 Å². The third-order valence-corrected chi connectivity index (χ3v) is 4.33. The number of hydrogen-bond acceptors (Lipinski definition) is 3. The zero-order valence-electron chi connectivity index (χ0n) is 12.1. The van der Waals surface area contributed by atoms with Crippen molar-refractivity contribution in [3.05, 3.63) is 40.1 Å². The number of furan rings is 1. The number of nitrogens with one attached hydrogen (secondary N) is 1. The number of halogens is 1. The van der Waals surface area contributed by atoms with Crippen LogP contribution in [0.25, 0.3) is 0 Å². The fourth-order valence-electron chi connectivity index (χ4n) is 2.89. The lowest BCUT2D eigenvalue weighted by molar-refractivity contribution is 0.0931. The third-order valence-electron chi connectivity index (χ3n) is 3.95. The summed E-state index contributed by atoms with van der Waals surface area (Å²) in [5.74, 6) is 0.801. The number of carbonyl (C=O) groups is 1. The first-order valence-corrected chi connectivity index (χ1v) is 7.59. The lowest BCUT2D eigenvalue weighted by atomic mass is 9.93. The van der Waals surface area contributed by atoms with E-state index in [2.05, 4.69) is 10.4 Å². The van der Waals surface area contributed by atoms with Crippen molar-refractivity contribution in [3.8, 4) is 0 Å². The molecular formula is C15H18ClN3O2. The molecule has 0 aromatic carbocycles. The van der Waals surface area contributed by atoms with E-state index >= 15 is 0 Å². The molecule has 0 saturated carbocycles. The van der Waals surface area contributed by atoms with Crippen LogP contribution in [-0.4, -0.2) is 15.7 Å². The van der Waals surface area contributed by atoms with Crippen LogP contribution in [0.1, 0.15) is 53.2 Å². The van der Waals surface area contributed by atoms with Gasteiger partial charge in [-0.3, -0.25) is 9.48 Å². The standard InChI is InChI=1S/C15H18ClN3O2/c1-3-19-14(16)13(9(2)18-19)15(20)17-11-5-4-6-12-10(11)7-8-21-12/h7-8,11H,3-6H2,1-2H3,(H,17,20). The molecule has 21 heavy (non-hydrogen) atoms. The Morgan fingerprint density at radius 1 is 1.62 bits per heavy atom. The lowest BCUT2D eigenvalue weighted by Gasteiger charge is -2.22. The van der Waals surface area contributed by atoms with Gasteiger partial charge in [0.25, 0.3) is 5.91 Å². The van der Waals surface area contributed by atoms with Gasteiger partial charge in [-0.1, -0.05) is 11.6 Å². The van der Waals surface area contributed by atoms with Crippen molar-refractivity contribution in [2.45, 2.75) is 45.7 Å².